The minimum atomic E-state index is 0. The molecule has 4 heteroatoms. The van der Waals surface area contributed by atoms with Gasteiger partial charge in [0.15, 0.2) is 0 Å². The number of hydrogen-bond donors (Lipinski definition) is 1. The fraction of sp³-hybridized carbons (Fsp3) is 0.333. The van der Waals surface area contributed by atoms with Gasteiger partial charge in [0.1, 0.15) is 5.82 Å². The Kier molecular flexibility index (Phi) is 5.36. The number of aromatic amines is 1. The van der Waals surface area contributed by atoms with Gasteiger partial charge in [-0.25, -0.2) is 4.98 Å². The normalized spacial score (nSPS) is 19.6. The van der Waals surface area contributed by atoms with Gasteiger partial charge in [0.2, 0.25) is 0 Å². The third kappa shape index (κ3) is 3.77. The number of H-pyrrole nitrogens is 1. The Bertz CT molecular complexity index is 1090. The second-order valence-electron chi connectivity index (χ2n) is 8.05. The highest BCUT2D eigenvalue weighted by Gasteiger charge is 2.24. The number of halogens is 1. The van der Waals surface area contributed by atoms with E-state index in [4.69, 9.17) is 9.97 Å². The smallest absolute Gasteiger partial charge is 0.107 e. The Morgan fingerprint density at radius 1 is 0.893 bits per heavy atom. The van der Waals surface area contributed by atoms with Gasteiger partial charge in [0.25, 0.3) is 0 Å². The first-order chi connectivity index (χ1) is 13.2. The van der Waals surface area contributed by atoms with E-state index in [1.54, 1.807) is 0 Å². The number of para-hydroxylation sites is 1. The molecule has 0 bridgehead atoms. The molecule has 2 aromatic heterocycles. The number of aryl methyl sites for hydroxylation is 1. The molecule has 3 nitrogen and oxygen atoms in total. The molecule has 1 aliphatic rings. The van der Waals surface area contributed by atoms with E-state index in [1.165, 1.54) is 47.8 Å². The van der Waals surface area contributed by atoms with Crippen molar-refractivity contribution in [1.29, 1.82) is 0 Å². The first kappa shape index (κ1) is 18.9. The van der Waals surface area contributed by atoms with E-state index in [1.807, 2.05) is 0 Å². The van der Waals surface area contributed by atoms with E-state index in [-0.39, 0.29) is 12.4 Å². The van der Waals surface area contributed by atoms with Gasteiger partial charge in [0, 0.05) is 23.4 Å². The van der Waals surface area contributed by atoms with Crippen LogP contribution < -0.4 is 0 Å². The van der Waals surface area contributed by atoms with Gasteiger partial charge in [0.05, 0.1) is 16.6 Å². The summed E-state index contributed by atoms with van der Waals surface area (Å²) in [4.78, 5) is 13.2. The summed E-state index contributed by atoms with van der Waals surface area (Å²) < 4.78 is 0. The monoisotopic (exact) mass is 391 g/mol. The number of nitrogens with one attached hydrogen (secondary N) is 1. The van der Waals surface area contributed by atoms with Crippen LogP contribution in [0.25, 0.3) is 21.9 Å². The molecule has 28 heavy (non-hydrogen) atoms. The molecule has 0 unspecified atom stereocenters. The minimum absolute atomic E-state index is 0. The predicted octanol–water partition coefficient (Wildman–Crippen LogP) is 6.36. The van der Waals surface area contributed by atoms with E-state index < -0.39 is 0 Å². The van der Waals surface area contributed by atoms with Crippen LogP contribution in [0.3, 0.4) is 0 Å². The number of rotatable bonds is 3. The molecule has 1 aliphatic carbocycles. The number of nitrogens with zero attached hydrogens (tertiary/aromatic N) is 2. The molecule has 0 radical (unpaired) electrons. The maximum absolute atomic E-state index is 4.93. The van der Waals surface area contributed by atoms with Crippen LogP contribution in [0.15, 0.2) is 54.6 Å². The lowest BCUT2D eigenvalue weighted by atomic mass is 9.79. The summed E-state index contributed by atoms with van der Waals surface area (Å²) in [7, 11) is 0. The van der Waals surface area contributed by atoms with E-state index in [0.717, 1.165) is 29.2 Å². The largest absolute Gasteiger partial charge is 0.342 e. The lowest BCUT2D eigenvalue weighted by molar-refractivity contribution is 0.318. The number of hydrogen-bond acceptors (Lipinski definition) is 2. The standard InChI is InChI=1S/C24H25N3.ClH/c1-16-6-12-22-23(14-16)27-24(26-22)15-17-7-9-19(10-8-17)21-13-11-18-4-2-3-5-20(18)25-21;/h2-6,11-14,17,19H,7-10,15H2,1H3,(H,26,27);1H. The molecule has 0 aliphatic heterocycles. The number of benzene rings is 2. The maximum Gasteiger partial charge on any atom is 0.107 e. The van der Waals surface area contributed by atoms with Gasteiger partial charge in [-0.05, 0) is 68.4 Å². The molecule has 5 rings (SSSR count). The van der Waals surface area contributed by atoms with E-state index >= 15 is 0 Å². The van der Waals surface area contributed by atoms with Crippen LogP contribution in [0.2, 0.25) is 0 Å². The molecule has 2 heterocycles. The van der Waals surface area contributed by atoms with E-state index in [0.29, 0.717) is 5.92 Å². The van der Waals surface area contributed by atoms with Crippen molar-refractivity contribution in [2.24, 2.45) is 5.92 Å². The van der Waals surface area contributed by atoms with Crippen molar-refractivity contribution in [3.05, 3.63) is 71.7 Å². The van der Waals surface area contributed by atoms with Crippen LogP contribution in [-0.2, 0) is 6.42 Å². The van der Waals surface area contributed by atoms with E-state index in [2.05, 4.69) is 66.5 Å². The fourth-order valence-electron chi connectivity index (χ4n) is 4.52. The highest BCUT2D eigenvalue weighted by Crippen LogP contribution is 2.36. The van der Waals surface area contributed by atoms with Gasteiger partial charge in [-0.3, -0.25) is 4.98 Å². The lowest BCUT2D eigenvalue weighted by Crippen LogP contribution is -2.16. The van der Waals surface area contributed by atoms with Gasteiger partial charge in [-0.1, -0.05) is 30.3 Å². The highest BCUT2D eigenvalue weighted by molar-refractivity contribution is 5.85. The summed E-state index contributed by atoms with van der Waals surface area (Å²) >= 11 is 0. The molecular formula is C24H26ClN3. The summed E-state index contributed by atoms with van der Waals surface area (Å²) in [6.07, 6.45) is 6.04. The first-order valence-electron chi connectivity index (χ1n) is 10.1. The predicted molar refractivity (Wildman–Crippen MR) is 118 cm³/mol. The number of fused-ring (bicyclic) bond motifs is 2. The van der Waals surface area contributed by atoms with Crippen LogP contribution in [0.4, 0.5) is 0 Å². The summed E-state index contributed by atoms with van der Waals surface area (Å²) in [5, 5.41) is 1.23. The van der Waals surface area contributed by atoms with E-state index in [9.17, 15) is 0 Å². The van der Waals surface area contributed by atoms with Crippen LogP contribution in [0.5, 0.6) is 0 Å². The molecule has 1 fully saturated rings. The Labute approximate surface area is 172 Å². The summed E-state index contributed by atoms with van der Waals surface area (Å²) in [5.74, 6) is 2.47. The quantitative estimate of drug-likeness (QED) is 0.441. The molecule has 144 valence electrons. The number of imidazole rings is 1. The fourth-order valence-corrected chi connectivity index (χ4v) is 4.52. The Morgan fingerprint density at radius 3 is 2.57 bits per heavy atom. The molecule has 0 spiro atoms. The molecule has 0 amide bonds. The number of aromatic nitrogens is 3. The SMILES string of the molecule is Cc1ccc2nc(CC3CCC(c4ccc5ccccc5n4)CC3)[nH]c2c1.Cl. The molecule has 0 atom stereocenters. The Morgan fingerprint density at radius 2 is 1.71 bits per heavy atom. The van der Waals surface area contributed by atoms with Crippen LogP contribution in [0, 0.1) is 12.8 Å². The van der Waals surface area contributed by atoms with Crippen LogP contribution >= 0.6 is 12.4 Å². The molecular weight excluding hydrogens is 366 g/mol. The van der Waals surface area contributed by atoms with Crippen molar-refractivity contribution in [3.63, 3.8) is 0 Å². The molecule has 1 N–H and O–H groups in total. The molecule has 1 saturated carbocycles. The maximum atomic E-state index is 4.93. The average Bonchev–Trinajstić information content (AvgIpc) is 3.09. The van der Waals surface area contributed by atoms with Crippen molar-refractivity contribution in [2.75, 3.05) is 0 Å². The molecule has 2 aromatic carbocycles. The molecule has 0 saturated heterocycles. The van der Waals surface area contributed by atoms with Crippen molar-refractivity contribution < 1.29 is 0 Å². The number of pyridine rings is 1. The second-order valence-corrected chi connectivity index (χ2v) is 8.05. The van der Waals surface area contributed by atoms with Gasteiger partial charge in [-0.15, -0.1) is 12.4 Å². The third-order valence-corrected chi connectivity index (χ3v) is 6.05. The Balaban J connectivity index is 0.00000192. The average molecular weight is 392 g/mol. The van der Waals surface area contributed by atoms with Gasteiger partial charge >= 0.3 is 0 Å². The zero-order chi connectivity index (χ0) is 18.2. The zero-order valence-corrected chi connectivity index (χ0v) is 17.0. The van der Waals surface area contributed by atoms with Crippen molar-refractivity contribution in [1.82, 2.24) is 15.0 Å². The molecule has 4 aromatic rings. The van der Waals surface area contributed by atoms with Gasteiger partial charge in [-0.2, -0.15) is 0 Å². The third-order valence-electron chi connectivity index (χ3n) is 6.05. The van der Waals surface area contributed by atoms with Gasteiger partial charge < -0.3 is 4.98 Å². The summed E-state index contributed by atoms with van der Waals surface area (Å²) in [5.41, 5.74) is 5.92. The minimum Gasteiger partial charge on any atom is -0.342 e. The van der Waals surface area contributed by atoms with Crippen LogP contribution in [-0.4, -0.2) is 15.0 Å². The Hall–Kier alpha value is -2.39. The zero-order valence-electron chi connectivity index (χ0n) is 16.2. The van der Waals surface area contributed by atoms with Crippen LogP contribution in [0.1, 0.15) is 48.7 Å². The summed E-state index contributed by atoms with van der Waals surface area (Å²) in [6, 6.07) is 19.3. The van der Waals surface area contributed by atoms with Crippen molar-refractivity contribution in [3.8, 4) is 0 Å². The van der Waals surface area contributed by atoms with Crippen molar-refractivity contribution >= 4 is 34.3 Å². The lowest BCUT2D eigenvalue weighted by Gasteiger charge is -2.27. The topological polar surface area (TPSA) is 41.6 Å². The first-order valence-corrected chi connectivity index (χ1v) is 10.1. The summed E-state index contributed by atoms with van der Waals surface area (Å²) in [6.45, 7) is 2.13. The highest BCUT2D eigenvalue weighted by atomic mass is 35.5. The second kappa shape index (κ2) is 7.92. The van der Waals surface area contributed by atoms with Crippen molar-refractivity contribution in [2.45, 2.75) is 44.9 Å².